The first-order valence-corrected chi connectivity index (χ1v) is 6.04. The quantitative estimate of drug-likeness (QED) is 0.599. The summed E-state index contributed by atoms with van der Waals surface area (Å²) in [4.78, 5) is 10.8. The van der Waals surface area contributed by atoms with E-state index >= 15 is 0 Å². The van der Waals surface area contributed by atoms with Crippen LogP contribution in [0.1, 0.15) is 12.5 Å². The Kier molecular flexibility index (Phi) is 3.89. The molecule has 0 fully saturated rings. The molecule has 0 aliphatic carbocycles. The van der Waals surface area contributed by atoms with Gasteiger partial charge in [0, 0.05) is 0 Å². The second kappa shape index (κ2) is 4.98. The minimum atomic E-state index is -4.07. The highest BCUT2D eigenvalue weighted by atomic mass is 32.2. The van der Waals surface area contributed by atoms with Crippen LogP contribution in [0.5, 0.6) is 0 Å². The van der Waals surface area contributed by atoms with Crippen LogP contribution in [0.25, 0.3) is 0 Å². The van der Waals surface area contributed by atoms with Gasteiger partial charge < -0.3 is 8.92 Å². The maximum absolute atomic E-state index is 11.5. The van der Waals surface area contributed by atoms with Crippen molar-refractivity contribution < 1.29 is 22.1 Å². The lowest BCUT2D eigenvalue weighted by Crippen LogP contribution is -2.14. The number of carbonyl (C=O) groups excluding carboxylic acids is 1. The molecule has 0 N–H and O–H groups in total. The van der Waals surface area contributed by atoms with Crippen LogP contribution in [0.4, 0.5) is 4.79 Å². The number of carbonyl (C=O) groups is 1. The van der Waals surface area contributed by atoms with E-state index in [4.69, 9.17) is 0 Å². The van der Waals surface area contributed by atoms with Gasteiger partial charge in [0.25, 0.3) is 0 Å². The molecule has 0 spiro atoms. The molecule has 88 valence electrons. The summed E-state index contributed by atoms with van der Waals surface area (Å²) < 4.78 is 31.6. The molecule has 0 aliphatic rings. The Bertz CT molecular complexity index is 460. The van der Waals surface area contributed by atoms with Crippen molar-refractivity contribution in [2.75, 3.05) is 6.61 Å². The van der Waals surface area contributed by atoms with E-state index in [0.717, 1.165) is 5.56 Å². The van der Waals surface area contributed by atoms with Gasteiger partial charge in [-0.2, -0.15) is 8.42 Å². The highest BCUT2D eigenvalue weighted by molar-refractivity contribution is 7.87. The average molecular weight is 244 g/mol. The summed E-state index contributed by atoms with van der Waals surface area (Å²) in [6.07, 6.45) is -1.22. The van der Waals surface area contributed by atoms with Gasteiger partial charge in [-0.25, -0.2) is 4.79 Å². The molecule has 0 radical (unpaired) electrons. The Morgan fingerprint density at radius 1 is 1.25 bits per heavy atom. The Hall–Kier alpha value is -1.56. The van der Waals surface area contributed by atoms with Crippen molar-refractivity contribution >= 4 is 16.3 Å². The fraction of sp³-hybridized carbons (Fsp3) is 0.300. The third-order valence-electron chi connectivity index (χ3n) is 1.75. The largest absolute Gasteiger partial charge is 0.524 e. The normalized spacial score (nSPS) is 10.9. The minimum Gasteiger partial charge on any atom is -0.434 e. The van der Waals surface area contributed by atoms with E-state index in [1.807, 2.05) is 6.92 Å². The molecule has 1 aromatic rings. The predicted octanol–water partition coefficient (Wildman–Crippen LogP) is 1.86. The minimum absolute atomic E-state index is 0.0578. The molecule has 6 heteroatoms. The van der Waals surface area contributed by atoms with E-state index in [-0.39, 0.29) is 11.5 Å². The SMILES string of the molecule is CCOC(=O)OS(=O)(=O)c1ccc(C)cc1. The second-order valence-corrected chi connectivity index (χ2v) is 4.58. The number of ether oxygens (including phenoxy) is 1. The molecule has 1 rings (SSSR count). The smallest absolute Gasteiger partial charge is 0.434 e. The van der Waals surface area contributed by atoms with Gasteiger partial charge in [-0.3, -0.25) is 0 Å². The zero-order valence-corrected chi connectivity index (χ0v) is 9.78. The molecular weight excluding hydrogens is 232 g/mol. The molecule has 16 heavy (non-hydrogen) atoms. The molecule has 0 atom stereocenters. The van der Waals surface area contributed by atoms with Crippen molar-refractivity contribution in [2.24, 2.45) is 0 Å². The number of hydrogen-bond donors (Lipinski definition) is 0. The number of aryl methyl sites for hydroxylation is 1. The molecule has 0 unspecified atom stereocenters. The van der Waals surface area contributed by atoms with E-state index in [2.05, 4.69) is 8.92 Å². The fourth-order valence-corrected chi connectivity index (χ4v) is 1.78. The van der Waals surface area contributed by atoms with Crippen molar-refractivity contribution in [3.8, 4) is 0 Å². The number of rotatable bonds is 3. The highest BCUT2D eigenvalue weighted by Crippen LogP contribution is 2.13. The lowest BCUT2D eigenvalue weighted by molar-refractivity contribution is 0.106. The molecule has 0 heterocycles. The van der Waals surface area contributed by atoms with Crippen LogP contribution in [-0.2, 0) is 19.0 Å². The first-order chi connectivity index (χ1) is 7.45. The fourth-order valence-electron chi connectivity index (χ4n) is 0.985. The van der Waals surface area contributed by atoms with Crippen LogP contribution in [0.2, 0.25) is 0 Å². The van der Waals surface area contributed by atoms with Crippen molar-refractivity contribution in [3.05, 3.63) is 29.8 Å². The Labute approximate surface area is 94.1 Å². The van der Waals surface area contributed by atoms with Crippen LogP contribution in [0.3, 0.4) is 0 Å². The maximum Gasteiger partial charge on any atom is 0.524 e. The van der Waals surface area contributed by atoms with Crippen LogP contribution in [-0.4, -0.2) is 21.2 Å². The Morgan fingerprint density at radius 2 is 1.81 bits per heavy atom. The van der Waals surface area contributed by atoms with E-state index in [0.29, 0.717) is 0 Å². The Morgan fingerprint density at radius 3 is 2.31 bits per heavy atom. The molecule has 1 aromatic carbocycles. The standard InChI is InChI=1S/C10H12O5S/c1-3-14-10(11)15-16(12,13)9-6-4-8(2)5-7-9/h4-7H,3H2,1-2H3. The topological polar surface area (TPSA) is 69.7 Å². The van der Waals surface area contributed by atoms with Crippen LogP contribution >= 0.6 is 0 Å². The maximum atomic E-state index is 11.5. The van der Waals surface area contributed by atoms with Gasteiger partial charge in [0.15, 0.2) is 0 Å². The van der Waals surface area contributed by atoms with Gasteiger partial charge >= 0.3 is 16.3 Å². The molecule has 0 aromatic heterocycles. The zero-order valence-electron chi connectivity index (χ0n) is 8.97. The van der Waals surface area contributed by atoms with Gasteiger partial charge in [0.1, 0.15) is 4.90 Å². The van der Waals surface area contributed by atoms with Gasteiger partial charge in [-0.05, 0) is 26.0 Å². The lowest BCUT2D eigenvalue weighted by atomic mass is 10.2. The number of benzene rings is 1. The molecule has 0 amide bonds. The van der Waals surface area contributed by atoms with Gasteiger partial charge in [-0.1, -0.05) is 17.7 Å². The van der Waals surface area contributed by atoms with E-state index < -0.39 is 16.3 Å². The van der Waals surface area contributed by atoms with Gasteiger partial charge in [-0.15, -0.1) is 0 Å². The van der Waals surface area contributed by atoms with Crippen LogP contribution < -0.4 is 0 Å². The van der Waals surface area contributed by atoms with E-state index in [9.17, 15) is 13.2 Å². The van der Waals surface area contributed by atoms with Crippen molar-refractivity contribution in [2.45, 2.75) is 18.7 Å². The summed E-state index contributed by atoms with van der Waals surface area (Å²) in [7, 11) is -4.07. The van der Waals surface area contributed by atoms with Crippen molar-refractivity contribution in [3.63, 3.8) is 0 Å². The summed E-state index contributed by atoms with van der Waals surface area (Å²) in [5, 5.41) is 0. The number of hydrogen-bond acceptors (Lipinski definition) is 5. The van der Waals surface area contributed by atoms with Crippen molar-refractivity contribution in [1.82, 2.24) is 0 Å². The third kappa shape index (κ3) is 3.23. The first kappa shape index (κ1) is 12.5. The summed E-state index contributed by atoms with van der Waals surface area (Å²) in [5.74, 6) is 0. The molecule has 0 aliphatic heterocycles. The highest BCUT2D eigenvalue weighted by Gasteiger charge is 2.20. The second-order valence-electron chi connectivity index (χ2n) is 3.03. The summed E-state index contributed by atoms with van der Waals surface area (Å²) in [6, 6.07) is 5.95. The van der Waals surface area contributed by atoms with Crippen LogP contribution in [0, 0.1) is 6.92 Å². The van der Waals surface area contributed by atoms with Gasteiger partial charge in [0.2, 0.25) is 0 Å². The third-order valence-corrected chi connectivity index (χ3v) is 2.95. The van der Waals surface area contributed by atoms with E-state index in [1.54, 1.807) is 19.1 Å². The molecule has 0 saturated carbocycles. The zero-order chi connectivity index (χ0) is 12.2. The first-order valence-electron chi connectivity index (χ1n) is 4.63. The molecule has 5 nitrogen and oxygen atoms in total. The van der Waals surface area contributed by atoms with Gasteiger partial charge in [0.05, 0.1) is 6.61 Å². The average Bonchev–Trinajstić information content (AvgIpc) is 2.17. The molecular formula is C10H12O5S. The summed E-state index contributed by atoms with van der Waals surface area (Å²) in [6.45, 7) is 3.44. The van der Waals surface area contributed by atoms with Crippen molar-refractivity contribution in [1.29, 1.82) is 0 Å². The predicted molar refractivity (Wildman–Crippen MR) is 56.5 cm³/mol. The lowest BCUT2D eigenvalue weighted by Gasteiger charge is -2.05. The summed E-state index contributed by atoms with van der Waals surface area (Å²) >= 11 is 0. The molecule has 0 bridgehead atoms. The molecule has 0 saturated heterocycles. The van der Waals surface area contributed by atoms with E-state index in [1.165, 1.54) is 12.1 Å². The summed E-state index contributed by atoms with van der Waals surface area (Å²) in [5.41, 5.74) is 0.912. The Balaban J connectivity index is 2.86. The monoisotopic (exact) mass is 244 g/mol. The van der Waals surface area contributed by atoms with Crippen LogP contribution in [0.15, 0.2) is 29.2 Å².